The van der Waals surface area contributed by atoms with E-state index in [0.29, 0.717) is 0 Å². The Morgan fingerprint density at radius 2 is 1.41 bits per heavy atom. The number of carbonyl (C=O) groups is 1. The van der Waals surface area contributed by atoms with Crippen LogP contribution in [0.15, 0.2) is 0 Å². The summed E-state index contributed by atoms with van der Waals surface area (Å²) in [7, 11) is 0. The fourth-order valence-electron chi connectivity index (χ4n) is 2.30. The number of hydrogen-bond acceptors (Lipinski definition) is 3. The smallest absolute Gasteiger partial charge is 0.326 e. The largest absolute Gasteiger partial charge is 0.459 e. The van der Waals surface area contributed by atoms with Gasteiger partial charge in [-0.1, -0.05) is 38.5 Å². The predicted octanol–water partition coefficient (Wildman–Crippen LogP) is 3.16. The molecule has 0 aliphatic heterocycles. The highest BCUT2D eigenvalue weighted by molar-refractivity contribution is 5.80. The van der Waals surface area contributed by atoms with Crippen LogP contribution in [-0.4, -0.2) is 17.1 Å². The molecule has 0 saturated heterocycles. The van der Waals surface area contributed by atoms with Crippen molar-refractivity contribution >= 4 is 5.97 Å². The van der Waals surface area contributed by atoms with Crippen LogP contribution in [0.5, 0.6) is 0 Å². The van der Waals surface area contributed by atoms with Crippen molar-refractivity contribution in [3.63, 3.8) is 0 Å². The molecule has 1 saturated carbocycles. The molecule has 17 heavy (non-hydrogen) atoms. The third-order valence-corrected chi connectivity index (χ3v) is 3.30. The molecular formula is C14H27NO2. The lowest BCUT2D eigenvalue weighted by Crippen LogP contribution is -2.51. The Labute approximate surface area is 105 Å². The highest BCUT2D eigenvalue weighted by Gasteiger charge is 2.37. The maximum Gasteiger partial charge on any atom is 0.326 e. The minimum Gasteiger partial charge on any atom is -0.459 e. The van der Waals surface area contributed by atoms with E-state index in [1.807, 2.05) is 20.8 Å². The molecule has 1 aliphatic carbocycles. The zero-order valence-corrected chi connectivity index (χ0v) is 11.6. The predicted molar refractivity (Wildman–Crippen MR) is 69.7 cm³/mol. The fraction of sp³-hybridized carbons (Fsp3) is 0.929. The molecule has 0 spiro atoms. The maximum absolute atomic E-state index is 12.2. The van der Waals surface area contributed by atoms with Gasteiger partial charge in [-0.25, -0.2) is 0 Å². The van der Waals surface area contributed by atoms with E-state index in [2.05, 4.69) is 0 Å². The lowest BCUT2D eigenvalue weighted by molar-refractivity contribution is -0.162. The summed E-state index contributed by atoms with van der Waals surface area (Å²) in [5.74, 6) is -0.216. The molecule has 0 aromatic heterocycles. The summed E-state index contributed by atoms with van der Waals surface area (Å²) in [6, 6.07) is 0. The Morgan fingerprint density at radius 1 is 1.00 bits per heavy atom. The van der Waals surface area contributed by atoms with Crippen LogP contribution in [0.25, 0.3) is 0 Å². The molecule has 1 aliphatic rings. The second kappa shape index (κ2) is 5.85. The van der Waals surface area contributed by atoms with Gasteiger partial charge in [-0.2, -0.15) is 0 Å². The van der Waals surface area contributed by atoms with Crippen molar-refractivity contribution in [1.29, 1.82) is 0 Å². The molecule has 0 atom stereocenters. The summed E-state index contributed by atoms with van der Waals surface area (Å²) in [5, 5.41) is 0. The van der Waals surface area contributed by atoms with Gasteiger partial charge in [0.2, 0.25) is 0 Å². The van der Waals surface area contributed by atoms with Gasteiger partial charge in [0.25, 0.3) is 0 Å². The van der Waals surface area contributed by atoms with Crippen LogP contribution in [0.3, 0.4) is 0 Å². The first-order chi connectivity index (χ1) is 7.83. The molecule has 0 bridgehead atoms. The number of carbonyl (C=O) groups excluding carboxylic acids is 1. The summed E-state index contributed by atoms with van der Waals surface area (Å²) in [4.78, 5) is 12.2. The van der Waals surface area contributed by atoms with Crippen LogP contribution in [0, 0.1) is 0 Å². The minimum absolute atomic E-state index is 0.216. The standard InChI is InChI=1S/C14H27NO2/c1-13(2,3)17-12(16)14(15)10-8-6-4-5-7-9-11-14/h4-11,15H2,1-3H3. The van der Waals surface area contributed by atoms with Crippen molar-refractivity contribution in [2.24, 2.45) is 5.73 Å². The number of ether oxygens (including phenoxy) is 1. The van der Waals surface area contributed by atoms with Gasteiger partial charge in [-0.3, -0.25) is 4.79 Å². The highest BCUT2D eigenvalue weighted by atomic mass is 16.6. The lowest BCUT2D eigenvalue weighted by atomic mass is 9.88. The summed E-state index contributed by atoms with van der Waals surface area (Å²) < 4.78 is 5.45. The zero-order chi connectivity index (χ0) is 12.9. The minimum atomic E-state index is -0.752. The monoisotopic (exact) mass is 241 g/mol. The topological polar surface area (TPSA) is 52.3 Å². The first-order valence-corrected chi connectivity index (χ1v) is 6.86. The van der Waals surface area contributed by atoms with Crippen molar-refractivity contribution < 1.29 is 9.53 Å². The van der Waals surface area contributed by atoms with Gasteiger partial charge in [-0.15, -0.1) is 0 Å². The first-order valence-electron chi connectivity index (χ1n) is 6.86. The van der Waals surface area contributed by atoms with Crippen LogP contribution in [0.2, 0.25) is 0 Å². The van der Waals surface area contributed by atoms with E-state index >= 15 is 0 Å². The Balaban J connectivity index is 2.64. The van der Waals surface area contributed by atoms with E-state index in [-0.39, 0.29) is 5.97 Å². The van der Waals surface area contributed by atoms with Crippen molar-refractivity contribution in [3.05, 3.63) is 0 Å². The second-order valence-electron chi connectivity index (χ2n) is 6.28. The normalized spacial score (nSPS) is 22.1. The molecule has 1 fully saturated rings. The van der Waals surface area contributed by atoms with Gasteiger partial charge in [0.1, 0.15) is 11.1 Å². The van der Waals surface area contributed by atoms with E-state index in [0.717, 1.165) is 25.7 Å². The second-order valence-corrected chi connectivity index (χ2v) is 6.28. The molecule has 3 heteroatoms. The molecule has 0 aromatic rings. The van der Waals surface area contributed by atoms with Crippen LogP contribution in [0.1, 0.15) is 72.1 Å². The quantitative estimate of drug-likeness (QED) is 0.717. The van der Waals surface area contributed by atoms with Crippen molar-refractivity contribution in [1.82, 2.24) is 0 Å². The van der Waals surface area contributed by atoms with Crippen LogP contribution < -0.4 is 5.73 Å². The molecule has 0 heterocycles. The van der Waals surface area contributed by atoms with E-state index in [1.165, 1.54) is 25.7 Å². The highest BCUT2D eigenvalue weighted by Crippen LogP contribution is 2.26. The Hall–Kier alpha value is -0.570. The number of nitrogens with two attached hydrogens (primary N) is 1. The molecule has 0 amide bonds. The zero-order valence-electron chi connectivity index (χ0n) is 11.6. The molecule has 0 radical (unpaired) electrons. The molecule has 3 nitrogen and oxygen atoms in total. The molecule has 2 N–H and O–H groups in total. The fourth-order valence-corrected chi connectivity index (χ4v) is 2.30. The number of rotatable bonds is 1. The van der Waals surface area contributed by atoms with E-state index < -0.39 is 11.1 Å². The Kier molecular flexibility index (Phi) is 4.99. The maximum atomic E-state index is 12.2. The number of hydrogen-bond donors (Lipinski definition) is 1. The van der Waals surface area contributed by atoms with Crippen molar-refractivity contribution in [2.45, 2.75) is 83.3 Å². The summed E-state index contributed by atoms with van der Waals surface area (Å²) in [6.07, 6.45) is 8.51. The van der Waals surface area contributed by atoms with Gasteiger partial charge in [0.05, 0.1) is 0 Å². The molecule has 0 aromatic carbocycles. The van der Waals surface area contributed by atoms with Gasteiger partial charge in [0.15, 0.2) is 0 Å². The summed E-state index contributed by atoms with van der Waals surface area (Å²) in [6.45, 7) is 5.68. The van der Waals surface area contributed by atoms with Crippen molar-refractivity contribution in [2.75, 3.05) is 0 Å². The Morgan fingerprint density at radius 3 is 1.82 bits per heavy atom. The number of esters is 1. The Bertz CT molecular complexity index is 245. The molecule has 100 valence electrons. The average Bonchev–Trinajstić information content (AvgIpc) is 2.28. The van der Waals surface area contributed by atoms with E-state index in [9.17, 15) is 4.79 Å². The molecular weight excluding hydrogens is 214 g/mol. The summed E-state index contributed by atoms with van der Waals surface area (Å²) >= 11 is 0. The van der Waals surface area contributed by atoms with Crippen LogP contribution >= 0.6 is 0 Å². The lowest BCUT2D eigenvalue weighted by Gasteiger charge is -2.31. The van der Waals surface area contributed by atoms with Gasteiger partial charge in [-0.05, 0) is 33.6 Å². The average molecular weight is 241 g/mol. The van der Waals surface area contributed by atoms with Crippen LogP contribution in [0.4, 0.5) is 0 Å². The third-order valence-electron chi connectivity index (χ3n) is 3.30. The van der Waals surface area contributed by atoms with Gasteiger partial charge >= 0.3 is 5.97 Å². The van der Waals surface area contributed by atoms with Crippen molar-refractivity contribution in [3.8, 4) is 0 Å². The molecule has 1 rings (SSSR count). The molecule has 0 unspecified atom stereocenters. The van der Waals surface area contributed by atoms with Crippen LogP contribution in [-0.2, 0) is 9.53 Å². The van der Waals surface area contributed by atoms with E-state index in [4.69, 9.17) is 10.5 Å². The summed E-state index contributed by atoms with van der Waals surface area (Å²) in [5.41, 5.74) is 5.08. The third kappa shape index (κ3) is 5.07. The van der Waals surface area contributed by atoms with Gasteiger partial charge in [0, 0.05) is 0 Å². The SMILES string of the molecule is CC(C)(C)OC(=O)C1(N)CCCCCCCC1. The van der Waals surface area contributed by atoms with Gasteiger partial charge < -0.3 is 10.5 Å². The first kappa shape index (κ1) is 14.5. The van der Waals surface area contributed by atoms with E-state index in [1.54, 1.807) is 0 Å².